The maximum absolute atomic E-state index is 12.9. The van der Waals surface area contributed by atoms with Crippen molar-refractivity contribution in [3.8, 4) is 0 Å². The van der Waals surface area contributed by atoms with E-state index in [-0.39, 0.29) is 36.5 Å². The number of aromatic nitrogens is 3. The number of hydrogen-bond donors (Lipinski definition) is 1. The zero-order valence-corrected chi connectivity index (χ0v) is 14.0. The molecule has 128 valence electrons. The Hall–Kier alpha value is -2.57. The summed E-state index contributed by atoms with van der Waals surface area (Å²) in [5, 5.41) is 6.92. The van der Waals surface area contributed by atoms with Gasteiger partial charge >= 0.3 is 0 Å². The van der Waals surface area contributed by atoms with Gasteiger partial charge in [0.2, 0.25) is 5.91 Å². The third-order valence-corrected chi connectivity index (χ3v) is 3.75. The Labute approximate surface area is 140 Å². The highest BCUT2D eigenvalue weighted by molar-refractivity contribution is 5.97. The van der Waals surface area contributed by atoms with Crippen molar-refractivity contribution in [2.24, 2.45) is 13.0 Å². The molecule has 6 nitrogen and oxygen atoms in total. The van der Waals surface area contributed by atoms with E-state index in [0.717, 1.165) is 0 Å². The van der Waals surface area contributed by atoms with Gasteiger partial charge in [-0.2, -0.15) is 5.10 Å². The number of nitrogens with zero attached hydrogens (tertiary/aromatic N) is 3. The third kappa shape index (κ3) is 4.47. The van der Waals surface area contributed by atoms with Crippen LogP contribution in [0.3, 0.4) is 0 Å². The Balaban J connectivity index is 1.93. The summed E-state index contributed by atoms with van der Waals surface area (Å²) in [7, 11) is 1.77. The molecule has 0 aliphatic rings. The predicted octanol–water partition coefficient (Wildman–Crippen LogP) is 2.43. The molecule has 0 radical (unpaired) electrons. The Morgan fingerprint density at radius 1 is 1.21 bits per heavy atom. The second-order valence-electron chi connectivity index (χ2n) is 5.96. The van der Waals surface area contributed by atoms with Crippen molar-refractivity contribution in [3.05, 3.63) is 47.8 Å². The maximum atomic E-state index is 12.9. The largest absolute Gasteiger partial charge is 0.346 e. The van der Waals surface area contributed by atoms with Crippen molar-refractivity contribution in [1.82, 2.24) is 20.1 Å². The van der Waals surface area contributed by atoms with Crippen LogP contribution in [-0.4, -0.2) is 26.5 Å². The van der Waals surface area contributed by atoms with Crippen molar-refractivity contribution in [2.75, 3.05) is 0 Å². The summed E-state index contributed by atoms with van der Waals surface area (Å²) >= 11 is 0. The number of benzene rings is 1. The van der Waals surface area contributed by atoms with Crippen LogP contribution in [0, 0.1) is 11.7 Å². The van der Waals surface area contributed by atoms with Gasteiger partial charge in [0, 0.05) is 25.5 Å². The van der Waals surface area contributed by atoms with E-state index in [0.29, 0.717) is 11.4 Å². The molecule has 7 heteroatoms. The van der Waals surface area contributed by atoms with Crippen molar-refractivity contribution in [1.29, 1.82) is 0 Å². The minimum Gasteiger partial charge on any atom is -0.346 e. The van der Waals surface area contributed by atoms with E-state index in [1.165, 1.54) is 30.6 Å². The Morgan fingerprint density at radius 2 is 1.88 bits per heavy atom. The van der Waals surface area contributed by atoms with Gasteiger partial charge in [-0.25, -0.2) is 9.37 Å². The van der Waals surface area contributed by atoms with Crippen LogP contribution >= 0.6 is 0 Å². The summed E-state index contributed by atoms with van der Waals surface area (Å²) < 4.78 is 14.5. The lowest BCUT2D eigenvalue weighted by Gasteiger charge is -2.21. The highest BCUT2D eigenvalue weighted by atomic mass is 19.1. The van der Waals surface area contributed by atoms with E-state index in [2.05, 4.69) is 15.4 Å². The Bertz CT molecular complexity index is 710. The summed E-state index contributed by atoms with van der Waals surface area (Å²) in [6, 6.07) is 5.04. The van der Waals surface area contributed by atoms with E-state index in [1.807, 2.05) is 13.8 Å². The molecule has 2 rings (SSSR count). The molecule has 0 saturated carbocycles. The van der Waals surface area contributed by atoms with E-state index in [9.17, 15) is 14.0 Å². The molecule has 0 aliphatic heterocycles. The molecule has 2 aromatic rings. The molecule has 0 saturated heterocycles. The van der Waals surface area contributed by atoms with Crippen LogP contribution in [0.5, 0.6) is 0 Å². The van der Waals surface area contributed by atoms with Gasteiger partial charge in [-0.05, 0) is 30.2 Å². The summed E-state index contributed by atoms with van der Waals surface area (Å²) in [6.45, 7) is 3.95. The number of carbonyl (C=O) groups is 2. The number of Topliss-reactive ketones (excluding diaryl/α,β-unsaturated/α-hetero) is 1. The molecule has 0 aliphatic carbocycles. The molecule has 24 heavy (non-hydrogen) atoms. The molecule has 0 bridgehead atoms. The zero-order valence-electron chi connectivity index (χ0n) is 14.0. The standard InChI is InChI=1S/C17H21FN4O2/c1-11(2)16(17-19-10-20-22(17)3)21-15(24)9-8-14(23)12-4-6-13(18)7-5-12/h4-7,10-11,16H,8-9H2,1-3H3,(H,21,24). The Kier molecular flexibility index (Phi) is 5.78. The van der Waals surface area contributed by atoms with Gasteiger partial charge in [-0.15, -0.1) is 0 Å². The average molecular weight is 332 g/mol. The number of nitrogens with one attached hydrogen (secondary N) is 1. The average Bonchev–Trinajstić information content (AvgIpc) is 2.96. The lowest BCUT2D eigenvalue weighted by atomic mass is 10.0. The molecule has 0 fully saturated rings. The highest BCUT2D eigenvalue weighted by Crippen LogP contribution is 2.19. The van der Waals surface area contributed by atoms with Crippen LogP contribution in [0.2, 0.25) is 0 Å². The quantitative estimate of drug-likeness (QED) is 0.790. The number of hydrogen-bond acceptors (Lipinski definition) is 4. The van der Waals surface area contributed by atoms with Crippen LogP contribution in [-0.2, 0) is 11.8 Å². The first-order chi connectivity index (χ1) is 11.4. The summed E-state index contributed by atoms with van der Waals surface area (Å²) in [5.74, 6) is -0.0160. The first kappa shape index (κ1) is 17.8. The fourth-order valence-corrected chi connectivity index (χ4v) is 2.37. The second kappa shape index (κ2) is 7.81. The van der Waals surface area contributed by atoms with Gasteiger partial charge in [0.1, 0.15) is 18.0 Å². The topological polar surface area (TPSA) is 76.9 Å². The van der Waals surface area contributed by atoms with E-state index < -0.39 is 5.82 Å². The highest BCUT2D eigenvalue weighted by Gasteiger charge is 2.22. The molecule has 1 atom stereocenters. The van der Waals surface area contributed by atoms with Crippen molar-refractivity contribution in [3.63, 3.8) is 0 Å². The molecular weight excluding hydrogens is 311 g/mol. The molecule has 1 aromatic carbocycles. The van der Waals surface area contributed by atoms with E-state index >= 15 is 0 Å². The fourth-order valence-electron chi connectivity index (χ4n) is 2.37. The molecule has 1 heterocycles. The van der Waals surface area contributed by atoms with Crippen LogP contribution in [0.1, 0.15) is 48.9 Å². The van der Waals surface area contributed by atoms with Gasteiger partial charge in [-0.3, -0.25) is 14.3 Å². The van der Waals surface area contributed by atoms with E-state index in [1.54, 1.807) is 11.7 Å². The second-order valence-corrected chi connectivity index (χ2v) is 5.96. The summed E-state index contributed by atoms with van der Waals surface area (Å²) in [5.41, 5.74) is 0.401. The molecule has 1 amide bonds. The molecule has 0 spiro atoms. The fraction of sp³-hybridized carbons (Fsp3) is 0.412. The van der Waals surface area contributed by atoms with Gasteiger partial charge < -0.3 is 5.32 Å². The van der Waals surface area contributed by atoms with Crippen molar-refractivity contribution in [2.45, 2.75) is 32.7 Å². The lowest BCUT2D eigenvalue weighted by Crippen LogP contribution is -2.33. The van der Waals surface area contributed by atoms with Gasteiger partial charge in [0.15, 0.2) is 5.78 Å². The van der Waals surface area contributed by atoms with Crippen LogP contribution in [0.4, 0.5) is 4.39 Å². The summed E-state index contributed by atoms with van der Waals surface area (Å²) in [4.78, 5) is 28.4. The minimum atomic E-state index is -0.396. The number of aryl methyl sites for hydroxylation is 1. The smallest absolute Gasteiger partial charge is 0.221 e. The van der Waals surface area contributed by atoms with Gasteiger partial charge in [-0.1, -0.05) is 13.8 Å². The molecule has 1 aromatic heterocycles. The first-order valence-corrected chi connectivity index (χ1v) is 7.80. The van der Waals surface area contributed by atoms with Crippen LogP contribution in [0.15, 0.2) is 30.6 Å². The number of rotatable bonds is 7. The molecule has 1 unspecified atom stereocenters. The van der Waals surface area contributed by atoms with Crippen LogP contribution in [0.25, 0.3) is 0 Å². The minimum absolute atomic E-state index is 0.0667. The summed E-state index contributed by atoms with van der Waals surface area (Å²) in [6.07, 6.45) is 1.58. The monoisotopic (exact) mass is 332 g/mol. The van der Waals surface area contributed by atoms with Crippen LogP contribution < -0.4 is 5.32 Å². The van der Waals surface area contributed by atoms with Gasteiger partial charge in [0.05, 0.1) is 6.04 Å². The zero-order chi connectivity index (χ0) is 17.7. The molecule has 1 N–H and O–H groups in total. The van der Waals surface area contributed by atoms with E-state index in [4.69, 9.17) is 0 Å². The number of halogens is 1. The van der Waals surface area contributed by atoms with Gasteiger partial charge in [0.25, 0.3) is 0 Å². The van der Waals surface area contributed by atoms with Crippen molar-refractivity contribution < 1.29 is 14.0 Å². The predicted molar refractivity (Wildman–Crippen MR) is 86.7 cm³/mol. The maximum Gasteiger partial charge on any atom is 0.221 e. The third-order valence-electron chi connectivity index (χ3n) is 3.75. The first-order valence-electron chi connectivity index (χ1n) is 7.80. The number of carbonyl (C=O) groups excluding carboxylic acids is 2. The van der Waals surface area contributed by atoms with Crippen molar-refractivity contribution >= 4 is 11.7 Å². The SMILES string of the molecule is CC(C)C(NC(=O)CCC(=O)c1ccc(F)cc1)c1ncnn1C. The number of ketones is 1. The Morgan fingerprint density at radius 3 is 2.42 bits per heavy atom. The molecular formula is C17H21FN4O2. The normalized spacial score (nSPS) is 12.2. The number of amides is 1. The lowest BCUT2D eigenvalue weighted by molar-refractivity contribution is -0.122.